The number of nitrogens with zero attached hydrogens (tertiary/aromatic N) is 2. The van der Waals surface area contributed by atoms with Crippen LogP contribution < -0.4 is 10.6 Å². The third-order valence-electron chi connectivity index (χ3n) is 4.79. The Morgan fingerprint density at radius 2 is 2.05 bits per heavy atom. The molecular formula is C16H19N3S. The van der Waals surface area contributed by atoms with Crippen molar-refractivity contribution in [2.45, 2.75) is 37.6 Å². The molecule has 2 heterocycles. The number of thiazole rings is 1. The van der Waals surface area contributed by atoms with E-state index < -0.39 is 0 Å². The second-order valence-corrected chi connectivity index (χ2v) is 7.17. The van der Waals surface area contributed by atoms with Crippen molar-refractivity contribution in [1.29, 1.82) is 0 Å². The molecular weight excluding hydrogens is 266 g/mol. The molecule has 20 heavy (non-hydrogen) atoms. The van der Waals surface area contributed by atoms with Crippen LogP contribution in [-0.4, -0.2) is 11.5 Å². The summed E-state index contributed by atoms with van der Waals surface area (Å²) in [6, 6.07) is 8.95. The first-order valence-corrected chi connectivity index (χ1v) is 8.13. The van der Waals surface area contributed by atoms with Crippen LogP contribution in [0.5, 0.6) is 0 Å². The van der Waals surface area contributed by atoms with E-state index in [1.54, 1.807) is 16.9 Å². The normalized spacial score (nSPS) is 19.7. The minimum absolute atomic E-state index is 0.410. The molecule has 4 heteroatoms. The summed E-state index contributed by atoms with van der Waals surface area (Å²) in [6.07, 6.45) is 7.34. The van der Waals surface area contributed by atoms with E-state index in [9.17, 15) is 0 Å². The Kier molecular flexibility index (Phi) is 2.74. The van der Waals surface area contributed by atoms with Gasteiger partial charge in [-0.25, -0.2) is 4.98 Å². The number of aromatic nitrogens is 1. The first-order valence-electron chi connectivity index (χ1n) is 7.32. The lowest BCUT2D eigenvalue weighted by Crippen LogP contribution is -2.30. The van der Waals surface area contributed by atoms with Crippen molar-refractivity contribution in [3.8, 4) is 0 Å². The highest BCUT2D eigenvalue weighted by Crippen LogP contribution is 2.50. The van der Waals surface area contributed by atoms with Gasteiger partial charge in [0.25, 0.3) is 0 Å². The highest BCUT2D eigenvalue weighted by molar-refractivity contribution is 7.15. The van der Waals surface area contributed by atoms with Gasteiger partial charge in [-0.05, 0) is 24.5 Å². The Hall–Kier alpha value is -1.55. The molecule has 1 aromatic carbocycles. The molecule has 0 amide bonds. The predicted molar refractivity (Wildman–Crippen MR) is 84.2 cm³/mol. The fourth-order valence-corrected chi connectivity index (χ4v) is 4.64. The van der Waals surface area contributed by atoms with Crippen LogP contribution in [-0.2, 0) is 12.0 Å². The third kappa shape index (κ3) is 1.82. The van der Waals surface area contributed by atoms with Gasteiger partial charge in [-0.1, -0.05) is 31.0 Å². The van der Waals surface area contributed by atoms with Crippen molar-refractivity contribution in [2.75, 3.05) is 17.2 Å². The third-order valence-corrected chi connectivity index (χ3v) is 5.60. The van der Waals surface area contributed by atoms with E-state index in [2.05, 4.69) is 34.1 Å². The van der Waals surface area contributed by atoms with E-state index in [-0.39, 0.29) is 0 Å². The second-order valence-electron chi connectivity index (χ2n) is 6.03. The van der Waals surface area contributed by atoms with Crippen LogP contribution >= 0.6 is 11.3 Å². The molecule has 4 rings (SSSR count). The summed E-state index contributed by atoms with van der Waals surface area (Å²) in [5.41, 5.74) is 9.14. The van der Waals surface area contributed by atoms with Crippen LogP contribution in [0.15, 0.2) is 30.5 Å². The van der Waals surface area contributed by atoms with Crippen LogP contribution in [0.3, 0.4) is 0 Å². The zero-order chi connectivity index (χ0) is 13.6. The standard InChI is InChI=1S/C16H19N3S/c17-15-18-9-12(20-15)10-19-11-16(7-3-4-8-16)13-5-1-2-6-14(13)19/h1-2,5-6,9H,3-4,7-8,10-11H2,(H2,17,18). The number of nitrogen functional groups attached to an aromatic ring is 1. The van der Waals surface area contributed by atoms with Crippen LogP contribution in [0.25, 0.3) is 0 Å². The Morgan fingerprint density at radius 1 is 1.25 bits per heavy atom. The number of fused-ring (bicyclic) bond motifs is 2. The second kappa shape index (κ2) is 4.48. The van der Waals surface area contributed by atoms with Crippen molar-refractivity contribution in [3.05, 3.63) is 40.9 Å². The van der Waals surface area contributed by atoms with Crippen LogP contribution in [0.2, 0.25) is 0 Å². The Labute approximate surface area is 123 Å². The molecule has 1 aromatic heterocycles. The van der Waals surface area contributed by atoms with E-state index in [1.165, 1.54) is 36.2 Å². The van der Waals surface area contributed by atoms with Gasteiger partial charge in [0.15, 0.2) is 5.13 Å². The average Bonchev–Trinajstić information content (AvgIpc) is 3.15. The molecule has 1 aliphatic heterocycles. The van der Waals surface area contributed by atoms with Crippen LogP contribution in [0, 0.1) is 0 Å². The van der Waals surface area contributed by atoms with Crippen molar-refractivity contribution in [3.63, 3.8) is 0 Å². The molecule has 104 valence electrons. The number of benzene rings is 1. The summed E-state index contributed by atoms with van der Waals surface area (Å²) < 4.78 is 0. The monoisotopic (exact) mass is 285 g/mol. The number of anilines is 2. The molecule has 1 fully saturated rings. The van der Waals surface area contributed by atoms with Gasteiger partial charge >= 0.3 is 0 Å². The maximum atomic E-state index is 5.75. The maximum absolute atomic E-state index is 5.75. The topological polar surface area (TPSA) is 42.1 Å². The summed E-state index contributed by atoms with van der Waals surface area (Å²) in [5.74, 6) is 0. The van der Waals surface area contributed by atoms with E-state index in [0.717, 1.165) is 13.1 Å². The van der Waals surface area contributed by atoms with E-state index in [4.69, 9.17) is 5.73 Å². The summed E-state index contributed by atoms with van der Waals surface area (Å²) in [4.78, 5) is 7.95. The number of para-hydroxylation sites is 1. The quantitative estimate of drug-likeness (QED) is 0.917. The van der Waals surface area contributed by atoms with Gasteiger partial charge in [0.05, 0.1) is 6.54 Å². The zero-order valence-corrected chi connectivity index (χ0v) is 12.3. The van der Waals surface area contributed by atoms with Gasteiger partial charge in [0.2, 0.25) is 0 Å². The van der Waals surface area contributed by atoms with Crippen LogP contribution in [0.4, 0.5) is 10.8 Å². The van der Waals surface area contributed by atoms with Crippen molar-refractivity contribution >= 4 is 22.2 Å². The fourth-order valence-electron chi connectivity index (χ4n) is 3.94. The summed E-state index contributed by atoms with van der Waals surface area (Å²) in [5, 5.41) is 0.670. The van der Waals surface area contributed by atoms with Gasteiger partial charge in [-0.15, -0.1) is 11.3 Å². The molecule has 0 bridgehead atoms. The predicted octanol–water partition coefficient (Wildman–Crippen LogP) is 3.56. The molecule has 0 saturated heterocycles. The molecule has 3 nitrogen and oxygen atoms in total. The largest absolute Gasteiger partial charge is 0.375 e. The number of hydrogen-bond acceptors (Lipinski definition) is 4. The van der Waals surface area contributed by atoms with Gasteiger partial charge in [-0.3, -0.25) is 0 Å². The molecule has 2 N–H and O–H groups in total. The number of hydrogen-bond donors (Lipinski definition) is 1. The molecule has 1 aliphatic carbocycles. The van der Waals surface area contributed by atoms with E-state index in [1.807, 2.05) is 6.20 Å². The Balaban J connectivity index is 1.68. The lowest BCUT2D eigenvalue weighted by molar-refractivity contribution is 0.466. The highest BCUT2D eigenvalue weighted by atomic mass is 32.1. The SMILES string of the molecule is Nc1ncc(CN2CC3(CCCC3)c3ccccc32)s1. The van der Waals surface area contributed by atoms with E-state index in [0.29, 0.717) is 10.5 Å². The van der Waals surface area contributed by atoms with Crippen molar-refractivity contribution < 1.29 is 0 Å². The molecule has 2 aromatic rings. The minimum Gasteiger partial charge on any atom is -0.375 e. The zero-order valence-electron chi connectivity index (χ0n) is 11.5. The van der Waals surface area contributed by atoms with Gasteiger partial charge in [-0.2, -0.15) is 0 Å². The number of nitrogens with two attached hydrogens (primary N) is 1. The van der Waals surface area contributed by atoms with Crippen LogP contribution in [0.1, 0.15) is 36.1 Å². The van der Waals surface area contributed by atoms with Gasteiger partial charge in [0.1, 0.15) is 0 Å². The first kappa shape index (κ1) is 12.2. The smallest absolute Gasteiger partial charge is 0.180 e. The van der Waals surface area contributed by atoms with Crippen molar-refractivity contribution in [2.24, 2.45) is 0 Å². The Bertz CT molecular complexity index is 628. The summed E-state index contributed by atoms with van der Waals surface area (Å²) >= 11 is 1.61. The lowest BCUT2D eigenvalue weighted by atomic mass is 9.81. The molecule has 0 atom stereocenters. The maximum Gasteiger partial charge on any atom is 0.180 e. The average molecular weight is 285 g/mol. The molecule has 0 radical (unpaired) electrons. The fraction of sp³-hybridized carbons (Fsp3) is 0.438. The van der Waals surface area contributed by atoms with Gasteiger partial charge < -0.3 is 10.6 Å². The Morgan fingerprint density at radius 3 is 2.80 bits per heavy atom. The molecule has 1 saturated carbocycles. The van der Waals surface area contributed by atoms with Gasteiger partial charge in [0, 0.05) is 28.7 Å². The van der Waals surface area contributed by atoms with Crippen molar-refractivity contribution in [1.82, 2.24) is 4.98 Å². The minimum atomic E-state index is 0.410. The molecule has 2 aliphatic rings. The molecule has 1 spiro atoms. The first-order chi connectivity index (χ1) is 9.77. The summed E-state index contributed by atoms with van der Waals surface area (Å²) in [7, 11) is 0. The summed E-state index contributed by atoms with van der Waals surface area (Å²) in [6.45, 7) is 2.10. The lowest BCUT2D eigenvalue weighted by Gasteiger charge is -2.25. The van der Waals surface area contributed by atoms with E-state index >= 15 is 0 Å². The molecule has 0 unspecified atom stereocenters. The number of rotatable bonds is 2. The highest BCUT2D eigenvalue weighted by Gasteiger charge is 2.44.